The number of pyridine rings is 1. The molecule has 0 bridgehead atoms. The van der Waals surface area contributed by atoms with Gasteiger partial charge in [0.2, 0.25) is 0 Å². The van der Waals surface area contributed by atoms with Gasteiger partial charge in [0.1, 0.15) is 5.52 Å². The third kappa shape index (κ3) is 0.706. The van der Waals surface area contributed by atoms with Crippen molar-refractivity contribution in [2.45, 2.75) is 0 Å². The van der Waals surface area contributed by atoms with E-state index >= 15 is 0 Å². The second-order valence-corrected chi connectivity index (χ2v) is 2.13. The molecule has 0 aliphatic carbocycles. The fourth-order valence-electron chi connectivity index (χ4n) is 0.946. The van der Waals surface area contributed by atoms with E-state index in [1.165, 1.54) is 12.4 Å². The van der Waals surface area contributed by atoms with Gasteiger partial charge in [-0.25, -0.2) is 4.79 Å². The topological polar surface area (TPSA) is 70.9 Å². The maximum atomic E-state index is 10.8. The summed E-state index contributed by atoms with van der Waals surface area (Å²) in [5, 5.41) is 9.04. The lowest BCUT2D eigenvalue weighted by Gasteiger charge is -1.87. The van der Waals surface area contributed by atoms with Crippen LogP contribution in [0.2, 0.25) is 0 Å². The van der Waals surface area contributed by atoms with E-state index in [2.05, 4.69) is 9.97 Å². The monoisotopic (exact) mass is 151 g/mol. The zero-order valence-electron chi connectivity index (χ0n) is 5.48. The molecule has 0 aromatic carbocycles. The van der Waals surface area contributed by atoms with Gasteiger partial charge in [-0.1, -0.05) is 0 Å². The summed E-state index contributed by atoms with van der Waals surface area (Å²) < 4.78 is 0.553. The molecule has 0 amide bonds. The van der Waals surface area contributed by atoms with Gasteiger partial charge in [-0.15, -0.1) is 4.73 Å². The summed E-state index contributed by atoms with van der Waals surface area (Å²) in [5.74, 6) is 0. The highest BCUT2D eigenvalue weighted by Crippen LogP contribution is 2.03. The molecule has 0 saturated heterocycles. The smallest absolute Gasteiger partial charge is 0.359 e. The molecule has 2 N–H and O–H groups in total. The molecule has 0 unspecified atom stereocenters. The summed E-state index contributed by atoms with van der Waals surface area (Å²) >= 11 is 0. The average Bonchev–Trinajstić information content (AvgIpc) is 2.30. The number of aromatic nitrogens is 3. The van der Waals surface area contributed by atoms with E-state index < -0.39 is 5.69 Å². The average molecular weight is 151 g/mol. The highest BCUT2D eigenvalue weighted by Gasteiger charge is 2.02. The number of H-pyrrole nitrogens is 1. The third-order valence-corrected chi connectivity index (χ3v) is 1.46. The summed E-state index contributed by atoms with van der Waals surface area (Å²) in [6.07, 6.45) is 2.98. The van der Waals surface area contributed by atoms with Crippen LogP contribution in [-0.4, -0.2) is 19.9 Å². The lowest BCUT2D eigenvalue weighted by Crippen LogP contribution is -2.12. The van der Waals surface area contributed by atoms with Crippen LogP contribution in [0.25, 0.3) is 11.0 Å². The SMILES string of the molecule is O=c1[nH]c2cnccc2n1O. The minimum Gasteiger partial charge on any atom is -0.424 e. The first kappa shape index (κ1) is 5.96. The van der Waals surface area contributed by atoms with Gasteiger partial charge in [-0.05, 0) is 6.07 Å². The van der Waals surface area contributed by atoms with Crippen molar-refractivity contribution in [1.29, 1.82) is 0 Å². The number of hydrogen-bond donors (Lipinski definition) is 2. The molecule has 0 saturated carbocycles. The number of fused-ring (bicyclic) bond motifs is 1. The molecular weight excluding hydrogens is 146 g/mol. The third-order valence-electron chi connectivity index (χ3n) is 1.46. The predicted octanol–water partition coefficient (Wildman–Crippen LogP) is -0.0381. The molecule has 56 valence electrons. The minimum atomic E-state index is -0.548. The number of nitrogens with one attached hydrogen (secondary N) is 1. The Morgan fingerprint density at radius 2 is 2.45 bits per heavy atom. The molecule has 11 heavy (non-hydrogen) atoms. The van der Waals surface area contributed by atoms with Crippen molar-refractivity contribution in [1.82, 2.24) is 14.7 Å². The predicted molar refractivity (Wildman–Crippen MR) is 37.5 cm³/mol. The Hall–Kier alpha value is -1.78. The van der Waals surface area contributed by atoms with E-state index in [-0.39, 0.29) is 0 Å². The number of nitrogens with zero attached hydrogens (tertiary/aromatic N) is 2. The molecule has 2 aromatic rings. The number of hydrogen-bond acceptors (Lipinski definition) is 3. The summed E-state index contributed by atoms with van der Waals surface area (Å²) in [6.45, 7) is 0. The lowest BCUT2D eigenvalue weighted by molar-refractivity contribution is 0.188. The maximum Gasteiger partial charge on any atom is 0.359 e. The van der Waals surface area contributed by atoms with Gasteiger partial charge >= 0.3 is 5.69 Å². The van der Waals surface area contributed by atoms with Crippen LogP contribution < -0.4 is 5.69 Å². The summed E-state index contributed by atoms with van der Waals surface area (Å²) in [5.41, 5.74) is 0.415. The molecule has 0 fully saturated rings. The van der Waals surface area contributed by atoms with Crippen molar-refractivity contribution in [3.05, 3.63) is 28.9 Å². The van der Waals surface area contributed by atoms with Gasteiger partial charge in [0.05, 0.1) is 11.7 Å². The van der Waals surface area contributed by atoms with Gasteiger partial charge in [0.25, 0.3) is 0 Å². The molecule has 5 nitrogen and oxygen atoms in total. The first-order chi connectivity index (χ1) is 5.29. The summed E-state index contributed by atoms with van der Waals surface area (Å²) in [6, 6.07) is 1.55. The molecule has 2 rings (SSSR count). The van der Waals surface area contributed by atoms with Crippen molar-refractivity contribution in [2.24, 2.45) is 0 Å². The minimum absolute atomic E-state index is 0.435. The van der Waals surface area contributed by atoms with Crippen molar-refractivity contribution >= 4 is 11.0 Å². The fourth-order valence-corrected chi connectivity index (χ4v) is 0.946. The highest BCUT2D eigenvalue weighted by atomic mass is 16.5. The second-order valence-electron chi connectivity index (χ2n) is 2.13. The van der Waals surface area contributed by atoms with Crippen molar-refractivity contribution in [3.63, 3.8) is 0 Å². The van der Waals surface area contributed by atoms with Gasteiger partial charge < -0.3 is 10.2 Å². The molecule has 0 aliphatic heterocycles. The van der Waals surface area contributed by atoms with Crippen molar-refractivity contribution in [2.75, 3.05) is 0 Å². The number of aromatic amines is 1. The molecule has 0 radical (unpaired) electrons. The van der Waals surface area contributed by atoms with E-state index in [0.717, 1.165) is 0 Å². The van der Waals surface area contributed by atoms with Crippen LogP contribution in [0, 0.1) is 0 Å². The van der Waals surface area contributed by atoms with Crippen LogP contribution in [0.3, 0.4) is 0 Å². The first-order valence-corrected chi connectivity index (χ1v) is 3.03. The fraction of sp³-hybridized carbons (Fsp3) is 0. The Morgan fingerprint density at radius 1 is 1.64 bits per heavy atom. The van der Waals surface area contributed by atoms with Crippen LogP contribution >= 0.6 is 0 Å². The van der Waals surface area contributed by atoms with Crippen molar-refractivity contribution < 1.29 is 5.21 Å². The zero-order valence-corrected chi connectivity index (χ0v) is 5.48. The molecule has 2 heterocycles. The molecule has 0 aliphatic rings. The standard InChI is InChI=1S/C6H5N3O2/c10-6-8-4-3-7-2-1-5(4)9(6)11/h1-3,11H,(H,8,10). The Kier molecular flexibility index (Phi) is 1.00. The van der Waals surface area contributed by atoms with E-state index in [4.69, 9.17) is 5.21 Å². The first-order valence-electron chi connectivity index (χ1n) is 3.03. The molecule has 5 heteroatoms. The Bertz CT molecular complexity index is 442. The Labute approximate surface area is 60.9 Å². The van der Waals surface area contributed by atoms with E-state index in [0.29, 0.717) is 15.8 Å². The zero-order chi connectivity index (χ0) is 7.84. The highest BCUT2D eigenvalue weighted by molar-refractivity contribution is 5.73. The van der Waals surface area contributed by atoms with Gasteiger partial charge in [0, 0.05) is 6.20 Å². The molecule has 0 spiro atoms. The van der Waals surface area contributed by atoms with Crippen molar-refractivity contribution in [3.8, 4) is 0 Å². The number of rotatable bonds is 0. The van der Waals surface area contributed by atoms with E-state index in [9.17, 15) is 4.79 Å². The van der Waals surface area contributed by atoms with Gasteiger partial charge in [-0.2, -0.15) is 0 Å². The molecule has 0 atom stereocenters. The quantitative estimate of drug-likeness (QED) is 0.519. The molecular formula is C6H5N3O2. The normalized spacial score (nSPS) is 10.5. The van der Waals surface area contributed by atoms with Gasteiger partial charge in [-0.3, -0.25) is 4.98 Å². The maximum absolute atomic E-state index is 10.8. The largest absolute Gasteiger partial charge is 0.424 e. The Morgan fingerprint density at radius 3 is 3.18 bits per heavy atom. The number of imidazole rings is 1. The van der Waals surface area contributed by atoms with Crippen LogP contribution in [0.5, 0.6) is 0 Å². The van der Waals surface area contributed by atoms with Crippen LogP contribution in [0.1, 0.15) is 0 Å². The van der Waals surface area contributed by atoms with Crippen LogP contribution in [0.4, 0.5) is 0 Å². The second kappa shape index (κ2) is 1.85. The van der Waals surface area contributed by atoms with Gasteiger partial charge in [0.15, 0.2) is 0 Å². The summed E-state index contributed by atoms with van der Waals surface area (Å²) in [7, 11) is 0. The Balaban J connectivity index is 3.04. The summed E-state index contributed by atoms with van der Waals surface area (Å²) in [4.78, 5) is 17.0. The van der Waals surface area contributed by atoms with E-state index in [1.807, 2.05) is 0 Å². The van der Waals surface area contributed by atoms with Crippen LogP contribution in [0.15, 0.2) is 23.3 Å². The van der Waals surface area contributed by atoms with Crippen LogP contribution in [-0.2, 0) is 0 Å². The van der Waals surface area contributed by atoms with E-state index in [1.54, 1.807) is 6.07 Å². The molecule has 2 aromatic heterocycles. The lowest BCUT2D eigenvalue weighted by atomic mass is 10.4.